The molecular weight excluding hydrogens is 312 g/mol. The Balaban J connectivity index is 1.76. The van der Waals surface area contributed by atoms with Crippen molar-refractivity contribution in [2.24, 2.45) is 16.5 Å². The first-order valence-corrected chi connectivity index (χ1v) is 9.59. The van der Waals surface area contributed by atoms with E-state index in [0.29, 0.717) is 12.0 Å². The fraction of sp³-hybridized carbons (Fsp3) is 0.632. The number of rotatable bonds is 6. The highest BCUT2D eigenvalue weighted by Crippen LogP contribution is 2.28. The van der Waals surface area contributed by atoms with Gasteiger partial charge < -0.3 is 10.6 Å². The fourth-order valence-electron chi connectivity index (χ4n) is 4.09. The van der Waals surface area contributed by atoms with Gasteiger partial charge in [0, 0.05) is 11.6 Å². The lowest BCUT2D eigenvalue weighted by atomic mass is 9.97. The number of benzene rings is 1. The van der Waals surface area contributed by atoms with Crippen LogP contribution in [0.4, 0.5) is 0 Å². The van der Waals surface area contributed by atoms with Crippen molar-refractivity contribution in [2.45, 2.75) is 64.2 Å². The summed E-state index contributed by atoms with van der Waals surface area (Å²) in [6, 6.07) is 7.18. The predicted molar refractivity (Wildman–Crippen MR) is 103 cm³/mol. The molecule has 1 aliphatic heterocycles. The van der Waals surface area contributed by atoms with Gasteiger partial charge in [0.25, 0.3) is 0 Å². The first kappa shape index (κ1) is 18.2. The molecule has 25 heavy (non-hydrogen) atoms. The Morgan fingerprint density at radius 3 is 2.44 bits per heavy atom. The number of aliphatic imine (C=N–C) groups is 1. The highest BCUT2D eigenvalue weighted by Gasteiger charge is 2.32. The average Bonchev–Trinajstić information content (AvgIpc) is 2.82. The van der Waals surface area contributed by atoms with Crippen LogP contribution in [0.3, 0.4) is 0 Å². The number of aryl methyl sites for hydroxylation is 2. The van der Waals surface area contributed by atoms with Crippen LogP contribution in [0.1, 0.15) is 56.2 Å². The molecule has 138 valence electrons. The van der Waals surface area contributed by atoms with E-state index >= 15 is 0 Å². The zero-order valence-corrected chi connectivity index (χ0v) is 15.5. The Hall–Kier alpha value is -1.63. The number of hydrogen-bond donors (Lipinski definition) is 4. The van der Waals surface area contributed by atoms with E-state index in [4.69, 9.17) is 11.5 Å². The first-order chi connectivity index (χ1) is 12.1. The van der Waals surface area contributed by atoms with Gasteiger partial charge in [-0.05, 0) is 62.7 Å². The van der Waals surface area contributed by atoms with E-state index < -0.39 is 5.79 Å². The van der Waals surface area contributed by atoms with Crippen molar-refractivity contribution in [3.8, 4) is 0 Å². The van der Waals surface area contributed by atoms with Crippen molar-refractivity contribution in [2.75, 3.05) is 13.1 Å². The lowest BCUT2D eigenvalue weighted by molar-refractivity contribution is 0.180. The van der Waals surface area contributed by atoms with Crippen LogP contribution < -0.4 is 22.3 Å². The molecule has 0 saturated heterocycles. The molecule has 0 bridgehead atoms. The van der Waals surface area contributed by atoms with Crippen LogP contribution in [0, 0.1) is 0 Å². The molecule has 1 heterocycles. The minimum Gasteiger partial charge on any atom is -0.369 e. The molecule has 6 heteroatoms. The fourth-order valence-corrected chi connectivity index (χ4v) is 4.09. The van der Waals surface area contributed by atoms with Gasteiger partial charge in [-0.25, -0.2) is 4.99 Å². The van der Waals surface area contributed by atoms with E-state index in [-0.39, 0.29) is 0 Å². The molecule has 0 radical (unpaired) electrons. The normalized spacial score (nSPS) is 26.1. The third-order valence-electron chi connectivity index (χ3n) is 5.36. The lowest BCUT2D eigenvalue weighted by Crippen LogP contribution is -2.50. The maximum Gasteiger partial charge on any atom is 0.209 e. The number of fused-ring (bicyclic) bond motifs is 1. The molecular formula is C19H32N6. The summed E-state index contributed by atoms with van der Waals surface area (Å²) in [5.41, 5.74) is 21.6. The quantitative estimate of drug-likeness (QED) is 0.588. The molecule has 2 unspecified atom stereocenters. The molecule has 0 fully saturated rings. The van der Waals surface area contributed by atoms with Crippen molar-refractivity contribution in [1.29, 1.82) is 0 Å². The zero-order chi connectivity index (χ0) is 17.9. The van der Waals surface area contributed by atoms with Crippen molar-refractivity contribution in [3.63, 3.8) is 0 Å². The summed E-state index contributed by atoms with van der Waals surface area (Å²) in [6.07, 6.45) is 7.14. The van der Waals surface area contributed by atoms with E-state index in [1.165, 1.54) is 49.9 Å². The molecule has 0 spiro atoms. The van der Waals surface area contributed by atoms with Crippen LogP contribution in [0.15, 0.2) is 23.2 Å². The summed E-state index contributed by atoms with van der Waals surface area (Å²) in [7, 11) is 0. The van der Waals surface area contributed by atoms with Crippen molar-refractivity contribution in [1.82, 2.24) is 15.8 Å². The molecule has 3 rings (SSSR count). The molecule has 0 aromatic heterocycles. The minimum absolute atomic E-state index is 0.326. The van der Waals surface area contributed by atoms with Gasteiger partial charge in [0.15, 0.2) is 0 Å². The topological polar surface area (TPSA) is 91.7 Å². The number of nitrogens with zero attached hydrogens (tertiary/aromatic N) is 2. The molecule has 2 atom stereocenters. The van der Waals surface area contributed by atoms with Gasteiger partial charge >= 0.3 is 0 Å². The summed E-state index contributed by atoms with van der Waals surface area (Å²) in [5.74, 6) is -0.645. The standard InChI is InChI=1S/C19H32N6/c1-3-11-25(12-4-2)17-9-6-14-5-8-16(13-15(14)7-10-17)19(21)22-18(20)23-24-19/h5,8,13,17,24H,3-4,6-7,9-12,21H2,1-2H3,(H3,20,22,23). The van der Waals surface area contributed by atoms with Gasteiger partial charge in [0.2, 0.25) is 11.7 Å². The van der Waals surface area contributed by atoms with Gasteiger partial charge in [0.05, 0.1) is 0 Å². The maximum absolute atomic E-state index is 6.35. The van der Waals surface area contributed by atoms with E-state index in [2.05, 4.69) is 52.8 Å². The van der Waals surface area contributed by atoms with Gasteiger partial charge in [-0.1, -0.05) is 32.0 Å². The predicted octanol–water partition coefficient (Wildman–Crippen LogP) is 1.55. The summed E-state index contributed by atoms with van der Waals surface area (Å²) >= 11 is 0. The molecule has 6 nitrogen and oxygen atoms in total. The Kier molecular flexibility index (Phi) is 5.61. The Morgan fingerprint density at radius 2 is 1.84 bits per heavy atom. The largest absolute Gasteiger partial charge is 0.369 e. The number of guanidine groups is 1. The third kappa shape index (κ3) is 3.97. The van der Waals surface area contributed by atoms with Gasteiger partial charge in [0.1, 0.15) is 0 Å². The Bertz CT molecular complexity index is 622. The first-order valence-electron chi connectivity index (χ1n) is 9.59. The Morgan fingerprint density at radius 1 is 1.16 bits per heavy atom. The zero-order valence-electron chi connectivity index (χ0n) is 15.5. The molecule has 1 aromatic rings. The highest BCUT2D eigenvalue weighted by molar-refractivity contribution is 5.79. The molecule has 6 N–H and O–H groups in total. The SMILES string of the molecule is CCCN(CCC)C1CCc2ccc(C3(N)N=C(N)NN3)cc2CC1. The molecule has 1 aromatic carbocycles. The number of nitrogens with one attached hydrogen (secondary N) is 2. The van der Waals surface area contributed by atoms with Gasteiger partial charge in [-0.3, -0.25) is 11.2 Å². The van der Waals surface area contributed by atoms with Crippen molar-refractivity contribution in [3.05, 3.63) is 34.9 Å². The van der Waals surface area contributed by atoms with E-state index in [1.807, 2.05) is 0 Å². The van der Waals surface area contributed by atoms with Crippen LogP contribution in [-0.4, -0.2) is 30.0 Å². The maximum atomic E-state index is 6.35. The van der Waals surface area contributed by atoms with Crippen LogP contribution in [0.25, 0.3) is 0 Å². The third-order valence-corrected chi connectivity index (χ3v) is 5.36. The number of hydrazine groups is 1. The summed E-state index contributed by atoms with van der Waals surface area (Å²) < 4.78 is 0. The lowest BCUT2D eigenvalue weighted by Gasteiger charge is -2.30. The van der Waals surface area contributed by atoms with Crippen LogP contribution >= 0.6 is 0 Å². The van der Waals surface area contributed by atoms with Gasteiger partial charge in [-0.15, -0.1) is 0 Å². The van der Waals surface area contributed by atoms with Crippen molar-refractivity contribution < 1.29 is 0 Å². The monoisotopic (exact) mass is 344 g/mol. The molecule has 0 saturated carbocycles. The minimum atomic E-state index is -0.971. The van der Waals surface area contributed by atoms with Gasteiger partial charge in [-0.2, -0.15) is 5.43 Å². The molecule has 2 aliphatic rings. The summed E-state index contributed by atoms with van der Waals surface area (Å²) in [4.78, 5) is 6.98. The van der Waals surface area contributed by atoms with Crippen molar-refractivity contribution >= 4 is 5.96 Å². The van der Waals surface area contributed by atoms with Crippen LogP contribution in [-0.2, 0) is 18.6 Å². The number of hydrogen-bond acceptors (Lipinski definition) is 6. The highest BCUT2D eigenvalue weighted by atomic mass is 15.6. The second-order valence-electron chi connectivity index (χ2n) is 7.26. The van der Waals surface area contributed by atoms with Crippen LogP contribution in [0.2, 0.25) is 0 Å². The van der Waals surface area contributed by atoms with E-state index in [9.17, 15) is 0 Å². The smallest absolute Gasteiger partial charge is 0.209 e. The second kappa shape index (κ2) is 7.72. The van der Waals surface area contributed by atoms with E-state index in [1.54, 1.807) is 0 Å². The number of nitrogens with two attached hydrogens (primary N) is 2. The molecule has 1 aliphatic carbocycles. The average molecular weight is 345 g/mol. The van der Waals surface area contributed by atoms with Crippen LogP contribution in [0.5, 0.6) is 0 Å². The Labute approximate surface area is 151 Å². The summed E-state index contributed by atoms with van der Waals surface area (Å²) in [5, 5.41) is 0. The summed E-state index contributed by atoms with van der Waals surface area (Å²) in [6.45, 7) is 6.96. The second-order valence-corrected chi connectivity index (χ2v) is 7.26. The van der Waals surface area contributed by atoms with E-state index in [0.717, 1.165) is 18.4 Å². The molecule has 0 amide bonds.